The topological polar surface area (TPSA) is 12.0 Å². The van der Waals surface area contributed by atoms with Crippen LogP contribution in [0.5, 0.6) is 0 Å². The molecule has 1 atom stereocenters. The molecule has 0 aliphatic heterocycles. The summed E-state index contributed by atoms with van der Waals surface area (Å²) >= 11 is 5.92. The molecule has 0 fully saturated rings. The van der Waals surface area contributed by atoms with E-state index in [0.29, 0.717) is 6.54 Å². The highest BCUT2D eigenvalue weighted by atomic mass is 35.5. The minimum absolute atomic E-state index is 0.192. The number of hydrogen-bond acceptors (Lipinski definition) is 1. The van der Waals surface area contributed by atoms with Gasteiger partial charge in [0.15, 0.2) is 0 Å². The van der Waals surface area contributed by atoms with Gasteiger partial charge in [-0.2, -0.15) is 0 Å². The van der Waals surface area contributed by atoms with Crippen molar-refractivity contribution in [3.8, 4) is 0 Å². The lowest BCUT2D eigenvalue weighted by molar-refractivity contribution is 0.492. The molecule has 0 amide bonds. The van der Waals surface area contributed by atoms with Crippen molar-refractivity contribution in [3.63, 3.8) is 0 Å². The van der Waals surface area contributed by atoms with Gasteiger partial charge >= 0.3 is 0 Å². The lowest BCUT2D eigenvalue weighted by atomic mass is 10.0. The zero-order valence-electron chi connectivity index (χ0n) is 11.6. The molecule has 2 rings (SSSR count). The highest BCUT2D eigenvalue weighted by Gasteiger charge is 2.10. The van der Waals surface area contributed by atoms with Crippen molar-refractivity contribution in [3.05, 3.63) is 70.5 Å². The summed E-state index contributed by atoms with van der Waals surface area (Å²) in [5.41, 5.74) is 2.17. The van der Waals surface area contributed by atoms with Crippen LogP contribution >= 0.6 is 11.6 Å². The molecule has 2 aromatic carbocycles. The Morgan fingerprint density at radius 1 is 1.15 bits per heavy atom. The zero-order valence-corrected chi connectivity index (χ0v) is 12.3. The molecule has 1 unspecified atom stereocenters. The van der Waals surface area contributed by atoms with Crippen molar-refractivity contribution in [2.24, 2.45) is 0 Å². The van der Waals surface area contributed by atoms with Crippen molar-refractivity contribution in [2.45, 2.75) is 32.4 Å². The first-order valence-electron chi connectivity index (χ1n) is 6.92. The maximum atomic E-state index is 13.2. The number of nitrogens with one attached hydrogen (secondary N) is 1. The normalized spacial score (nSPS) is 12.3. The molecule has 1 nitrogen and oxygen atoms in total. The van der Waals surface area contributed by atoms with E-state index >= 15 is 0 Å². The average Bonchev–Trinajstić information content (AvgIpc) is 2.44. The Kier molecular flexibility index (Phi) is 5.57. The van der Waals surface area contributed by atoms with Gasteiger partial charge in [-0.05, 0) is 41.8 Å². The number of rotatable bonds is 6. The van der Waals surface area contributed by atoms with Gasteiger partial charge < -0.3 is 5.32 Å². The summed E-state index contributed by atoms with van der Waals surface area (Å²) in [5.74, 6) is -0.192. The van der Waals surface area contributed by atoms with Crippen LogP contribution in [-0.2, 0) is 6.54 Å². The molecule has 3 heteroatoms. The number of halogens is 2. The standard InChI is InChI=1S/C17H19ClFN/c1-2-4-17(14-7-9-15(18)10-8-14)20-12-13-5-3-6-16(19)11-13/h3,5-11,17,20H,2,4,12H2,1H3. The smallest absolute Gasteiger partial charge is 0.123 e. The maximum Gasteiger partial charge on any atom is 0.123 e. The fourth-order valence-corrected chi connectivity index (χ4v) is 2.38. The first kappa shape index (κ1) is 15.0. The van der Waals surface area contributed by atoms with Gasteiger partial charge in [-0.25, -0.2) is 4.39 Å². The van der Waals surface area contributed by atoms with E-state index in [4.69, 9.17) is 11.6 Å². The van der Waals surface area contributed by atoms with Crippen LogP contribution in [0.25, 0.3) is 0 Å². The van der Waals surface area contributed by atoms with E-state index < -0.39 is 0 Å². The van der Waals surface area contributed by atoms with E-state index in [-0.39, 0.29) is 11.9 Å². The first-order chi connectivity index (χ1) is 9.69. The van der Waals surface area contributed by atoms with E-state index in [2.05, 4.69) is 12.2 Å². The minimum atomic E-state index is -0.192. The summed E-state index contributed by atoms with van der Waals surface area (Å²) in [4.78, 5) is 0. The van der Waals surface area contributed by atoms with Gasteiger partial charge in [0.2, 0.25) is 0 Å². The Bertz CT molecular complexity index is 539. The van der Waals surface area contributed by atoms with Crippen molar-refractivity contribution in [1.82, 2.24) is 5.32 Å². The molecule has 0 bridgehead atoms. The monoisotopic (exact) mass is 291 g/mol. The molecular formula is C17H19ClFN. The highest BCUT2D eigenvalue weighted by molar-refractivity contribution is 6.30. The van der Waals surface area contributed by atoms with Crippen LogP contribution in [0.3, 0.4) is 0 Å². The summed E-state index contributed by atoms with van der Waals surface area (Å²) in [6.07, 6.45) is 2.13. The Labute approximate surface area is 124 Å². The van der Waals surface area contributed by atoms with Crippen molar-refractivity contribution >= 4 is 11.6 Å². The molecule has 1 N–H and O–H groups in total. The summed E-state index contributed by atoms with van der Waals surface area (Å²) < 4.78 is 13.2. The zero-order chi connectivity index (χ0) is 14.4. The van der Waals surface area contributed by atoms with Gasteiger partial charge in [0, 0.05) is 17.6 Å². The van der Waals surface area contributed by atoms with E-state index in [9.17, 15) is 4.39 Å². The molecule has 0 heterocycles. The molecule has 0 radical (unpaired) electrons. The van der Waals surface area contributed by atoms with Gasteiger partial charge in [-0.1, -0.05) is 49.2 Å². The van der Waals surface area contributed by atoms with Crippen LogP contribution < -0.4 is 5.32 Å². The Morgan fingerprint density at radius 2 is 1.90 bits per heavy atom. The van der Waals surface area contributed by atoms with Gasteiger partial charge in [0.1, 0.15) is 5.82 Å². The number of benzene rings is 2. The summed E-state index contributed by atoms with van der Waals surface area (Å²) in [6.45, 7) is 2.82. The molecular weight excluding hydrogens is 273 g/mol. The van der Waals surface area contributed by atoms with Crippen LogP contribution in [0.15, 0.2) is 48.5 Å². The second kappa shape index (κ2) is 7.41. The maximum absolute atomic E-state index is 13.2. The second-order valence-corrected chi connectivity index (χ2v) is 5.34. The predicted octanol–water partition coefficient (Wildman–Crippen LogP) is 5.11. The summed E-state index contributed by atoms with van der Waals surface area (Å²) in [5, 5.41) is 4.23. The third kappa shape index (κ3) is 4.32. The summed E-state index contributed by atoms with van der Waals surface area (Å²) in [7, 11) is 0. The molecule has 0 spiro atoms. The fourth-order valence-electron chi connectivity index (χ4n) is 2.26. The van der Waals surface area contributed by atoms with Gasteiger partial charge in [-0.3, -0.25) is 0 Å². The Balaban J connectivity index is 2.04. The average molecular weight is 292 g/mol. The number of hydrogen-bond donors (Lipinski definition) is 1. The Morgan fingerprint density at radius 3 is 2.55 bits per heavy atom. The van der Waals surface area contributed by atoms with Crippen LogP contribution in [0, 0.1) is 5.82 Å². The molecule has 0 saturated heterocycles. The van der Waals surface area contributed by atoms with E-state index in [0.717, 1.165) is 23.4 Å². The lowest BCUT2D eigenvalue weighted by Crippen LogP contribution is -2.20. The van der Waals surface area contributed by atoms with Gasteiger partial charge in [-0.15, -0.1) is 0 Å². The molecule has 0 saturated carbocycles. The molecule has 20 heavy (non-hydrogen) atoms. The Hall–Kier alpha value is -1.38. The lowest BCUT2D eigenvalue weighted by Gasteiger charge is -2.19. The largest absolute Gasteiger partial charge is 0.306 e. The van der Waals surface area contributed by atoms with Gasteiger partial charge in [0.25, 0.3) is 0 Å². The molecule has 0 aliphatic rings. The van der Waals surface area contributed by atoms with Crippen molar-refractivity contribution in [2.75, 3.05) is 0 Å². The SMILES string of the molecule is CCCC(NCc1cccc(F)c1)c1ccc(Cl)cc1. The van der Waals surface area contributed by atoms with Crippen LogP contribution in [0.1, 0.15) is 36.9 Å². The van der Waals surface area contributed by atoms with E-state index in [1.807, 2.05) is 30.3 Å². The minimum Gasteiger partial charge on any atom is -0.306 e. The van der Waals surface area contributed by atoms with E-state index in [1.165, 1.54) is 11.6 Å². The first-order valence-corrected chi connectivity index (χ1v) is 7.30. The van der Waals surface area contributed by atoms with Crippen LogP contribution in [0.2, 0.25) is 5.02 Å². The van der Waals surface area contributed by atoms with Crippen LogP contribution in [-0.4, -0.2) is 0 Å². The second-order valence-electron chi connectivity index (χ2n) is 4.90. The fraction of sp³-hybridized carbons (Fsp3) is 0.294. The predicted molar refractivity (Wildman–Crippen MR) is 82.3 cm³/mol. The quantitative estimate of drug-likeness (QED) is 0.780. The van der Waals surface area contributed by atoms with Crippen molar-refractivity contribution < 1.29 is 4.39 Å². The summed E-state index contributed by atoms with van der Waals surface area (Å²) in [6, 6.07) is 14.9. The molecule has 0 aliphatic carbocycles. The third-order valence-electron chi connectivity index (χ3n) is 3.29. The molecule has 0 aromatic heterocycles. The molecule has 106 valence electrons. The van der Waals surface area contributed by atoms with Crippen molar-refractivity contribution in [1.29, 1.82) is 0 Å². The van der Waals surface area contributed by atoms with Gasteiger partial charge in [0.05, 0.1) is 0 Å². The molecule has 2 aromatic rings. The third-order valence-corrected chi connectivity index (χ3v) is 3.54. The van der Waals surface area contributed by atoms with E-state index in [1.54, 1.807) is 12.1 Å². The highest BCUT2D eigenvalue weighted by Crippen LogP contribution is 2.21. The van der Waals surface area contributed by atoms with Crippen LogP contribution in [0.4, 0.5) is 4.39 Å².